The molecule has 0 aromatic heterocycles. The minimum atomic E-state index is -0.0630. The highest BCUT2D eigenvalue weighted by molar-refractivity contribution is 14.0. The molecule has 1 saturated carbocycles. The Balaban J connectivity index is 0.00000300. The predicted molar refractivity (Wildman–Crippen MR) is 132 cm³/mol. The van der Waals surface area contributed by atoms with Crippen molar-refractivity contribution >= 4 is 29.9 Å². The monoisotopic (exact) mass is 521 g/mol. The van der Waals surface area contributed by atoms with Gasteiger partial charge in [-0.05, 0) is 72.3 Å². The molecule has 170 valence electrons. The first kappa shape index (κ1) is 25.1. The van der Waals surface area contributed by atoms with Crippen LogP contribution in [0.5, 0.6) is 0 Å². The van der Waals surface area contributed by atoms with Gasteiger partial charge < -0.3 is 20.3 Å². The van der Waals surface area contributed by atoms with Crippen molar-refractivity contribution in [2.75, 3.05) is 53.9 Å². The highest BCUT2D eigenvalue weighted by Gasteiger charge is 2.58. The Labute approximate surface area is 195 Å². The van der Waals surface area contributed by atoms with Gasteiger partial charge in [-0.3, -0.25) is 9.89 Å². The molecule has 2 N–H and O–H groups in total. The van der Waals surface area contributed by atoms with Crippen LogP contribution in [0.3, 0.4) is 0 Å². The van der Waals surface area contributed by atoms with E-state index < -0.39 is 0 Å². The number of aliphatic imine (C=N–C) groups is 1. The molecule has 2 aliphatic heterocycles. The highest BCUT2D eigenvalue weighted by atomic mass is 127. The summed E-state index contributed by atoms with van der Waals surface area (Å²) in [6.07, 6.45) is 7.57. The molecule has 0 radical (unpaired) electrons. The molecule has 2 heterocycles. The summed E-state index contributed by atoms with van der Waals surface area (Å²) in [5.74, 6) is 0.937. The maximum atomic E-state index is 5.78. The summed E-state index contributed by atoms with van der Waals surface area (Å²) in [7, 11) is 5.96. The fourth-order valence-corrected chi connectivity index (χ4v) is 5.34. The van der Waals surface area contributed by atoms with E-state index in [0.717, 1.165) is 18.9 Å². The van der Waals surface area contributed by atoms with Crippen LogP contribution in [0, 0.1) is 5.41 Å². The van der Waals surface area contributed by atoms with E-state index >= 15 is 0 Å². The molecule has 7 heteroatoms. The predicted octanol–water partition coefficient (Wildman–Crippen LogP) is 2.92. The van der Waals surface area contributed by atoms with E-state index in [0.29, 0.717) is 6.04 Å². The van der Waals surface area contributed by atoms with Gasteiger partial charge in [0.1, 0.15) is 0 Å². The zero-order valence-electron chi connectivity index (χ0n) is 19.5. The lowest BCUT2D eigenvalue weighted by Crippen LogP contribution is -2.70. The lowest BCUT2D eigenvalue weighted by Gasteiger charge is -2.59. The van der Waals surface area contributed by atoms with Crippen molar-refractivity contribution in [3.8, 4) is 0 Å². The van der Waals surface area contributed by atoms with Gasteiger partial charge in [0.25, 0.3) is 0 Å². The van der Waals surface area contributed by atoms with Gasteiger partial charge in [0.2, 0.25) is 0 Å². The first-order valence-corrected chi connectivity index (χ1v) is 11.2. The van der Waals surface area contributed by atoms with Crippen molar-refractivity contribution in [2.45, 2.75) is 76.5 Å². The second-order valence-electron chi connectivity index (χ2n) is 10.1. The number of rotatable bonds is 5. The van der Waals surface area contributed by atoms with E-state index in [4.69, 9.17) is 4.74 Å². The number of piperidine rings is 2. The lowest BCUT2D eigenvalue weighted by atomic mass is 9.56. The molecule has 2 atom stereocenters. The third-order valence-electron chi connectivity index (χ3n) is 8.34. The van der Waals surface area contributed by atoms with E-state index in [1.165, 1.54) is 58.3 Å². The van der Waals surface area contributed by atoms with Gasteiger partial charge in [0, 0.05) is 37.7 Å². The van der Waals surface area contributed by atoms with Crippen LogP contribution >= 0.6 is 24.0 Å². The summed E-state index contributed by atoms with van der Waals surface area (Å²) in [6.45, 7) is 12.6. The number of ether oxygens (including phenoxy) is 1. The quantitative estimate of drug-likeness (QED) is 0.331. The molecule has 2 unspecified atom stereocenters. The summed E-state index contributed by atoms with van der Waals surface area (Å²) >= 11 is 0. The maximum Gasteiger partial charge on any atom is 0.191 e. The molecule has 3 rings (SSSR count). The second kappa shape index (κ2) is 10.0. The van der Waals surface area contributed by atoms with Gasteiger partial charge in [0.05, 0.1) is 5.60 Å². The van der Waals surface area contributed by atoms with Crippen molar-refractivity contribution in [3.05, 3.63) is 0 Å². The molecule has 0 bridgehead atoms. The maximum absolute atomic E-state index is 5.78. The first-order chi connectivity index (χ1) is 13.3. The molecule has 3 fully saturated rings. The van der Waals surface area contributed by atoms with Crippen LogP contribution in [-0.2, 0) is 4.74 Å². The fourth-order valence-electron chi connectivity index (χ4n) is 5.34. The summed E-state index contributed by atoms with van der Waals surface area (Å²) in [5, 5.41) is 7.39. The Morgan fingerprint density at radius 3 is 2.21 bits per heavy atom. The van der Waals surface area contributed by atoms with Crippen molar-refractivity contribution in [2.24, 2.45) is 10.4 Å². The third-order valence-corrected chi connectivity index (χ3v) is 8.34. The number of hydrogen-bond acceptors (Lipinski definition) is 4. The van der Waals surface area contributed by atoms with Crippen LogP contribution in [0.15, 0.2) is 4.99 Å². The summed E-state index contributed by atoms with van der Waals surface area (Å²) in [6, 6.07) is 0.382. The molecule has 1 aliphatic carbocycles. The molecule has 0 aromatic carbocycles. The van der Waals surface area contributed by atoms with Gasteiger partial charge in [-0.15, -0.1) is 24.0 Å². The number of halogens is 1. The number of methoxy groups -OCH3 is 1. The molecule has 2 saturated heterocycles. The van der Waals surface area contributed by atoms with Gasteiger partial charge in [-0.1, -0.05) is 20.3 Å². The average Bonchev–Trinajstić information content (AvgIpc) is 2.72. The van der Waals surface area contributed by atoms with Gasteiger partial charge in [0.15, 0.2) is 5.96 Å². The number of nitrogens with zero attached hydrogens (tertiary/aromatic N) is 3. The zero-order chi connectivity index (χ0) is 20.4. The van der Waals surface area contributed by atoms with Crippen LogP contribution in [-0.4, -0.2) is 86.9 Å². The number of likely N-dealkylation sites (tertiary alicyclic amines) is 2. The molecular weight excluding hydrogens is 477 g/mol. The van der Waals surface area contributed by atoms with Crippen LogP contribution in [0.2, 0.25) is 0 Å². The zero-order valence-corrected chi connectivity index (χ0v) is 21.8. The van der Waals surface area contributed by atoms with Crippen LogP contribution in [0.25, 0.3) is 0 Å². The van der Waals surface area contributed by atoms with Gasteiger partial charge >= 0.3 is 0 Å². The molecule has 3 aliphatic rings. The molecule has 0 amide bonds. The van der Waals surface area contributed by atoms with Crippen LogP contribution < -0.4 is 10.6 Å². The van der Waals surface area contributed by atoms with Crippen molar-refractivity contribution in [1.29, 1.82) is 0 Å². The Morgan fingerprint density at radius 1 is 1.07 bits per heavy atom. The minimum absolute atomic E-state index is 0. The normalized spacial score (nSPS) is 32.8. The van der Waals surface area contributed by atoms with Crippen molar-refractivity contribution < 1.29 is 4.74 Å². The average molecular weight is 522 g/mol. The number of guanidine groups is 1. The smallest absolute Gasteiger partial charge is 0.191 e. The largest absolute Gasteiger partial charge is 0.378 e. The Morgan fingerprint density at radius 2 is 1.69 bits per heavy atom. The third kappa shape index (κ3) is 5.04. The summed E-state index contributed by atoms with van der Waals surface area (Å²) < 4.78 is 5.78. The first-order valence-electron chi connectivity index (χ1n) is 11.2. The molecule has 6 nitrogen and oxygen atoms in total. The van der Waals surface area contributed by atoms with Crippen LogP contribution in [0.1, 0.15) is 59.3 Å². The topological polar surface area (TPSA) is 52.1 Å². The fraction of sp³-hybridized carbons (Fsp3) is 0.955. The van der Waals surface area contributed by atoms with Crippen molar-refractivity contribution in [1.82, 2.24) is 20.4 Å². The van der Waals surface area contributed by atoms with Gasteiger partial charge in [-0.2, -0.15) is 0 Å². The molecule has 0 aromatic rings. The molecule has 0 spiro atoms. The standard InChI is InChI=1S/C22H43N5O.HI/c1-20(2)18(16-21(20,3)28-6)25-19(23-4)24-17-22(10-14-26(5)15-11-22)27-12-8-7-9-13-27;/h18H,7-17H2,1-6H3,(H2,23,24,25);1H. The van der Waals surface area contributed by atoms with E-state index in [-0.39, 0.29) is 40.5 Å². The summed E-state index contributed by atoms with van der Waals surface area (Å²) in [4.78, 5) is 9.80. The highest BCUT2D eigenvalue weighted by Crippen LogP contribution is 2.51. The SMILES string of the molecule is CN=C(NCC1(N2CCCCC2)CCN(C)CC1)NC1CC(C)(OC)C1(C)C.I. The Hall–Kier alpha value is -0.120. The van der Waals surface area contributed by atoms with E-state index in [1.54, 1.807) is 0 Å². The number of nitrogens with one attached hydrogen (secondary N) is 2. The molecule has 29 heavy (non-hydrogen) atoms. The van der Waals surface area contributed by atoms with Crippen LogP contribution in [0.4, 0.5) is 0 Å². The van der Waals surface area contributed by atoms with E-state index in [1.807, 2.05) is 14.2 Å². The van der Waals surface area contributed by atoms with E-state index in [9.17, 15) is 0 Å². The number of hydrogen-bond donors (Lipinski definition) is 2. The molecular formula is C22H44IN5O. The Bertz CT molecular complexity index is 555. The van der Waals surface area contributed by atoms with Crippen molar-refractivity contribution in [3.63, 3.8) is 0 Å². The van der Waals surface area contributed by atoms with E-state index in [2.05, 4.69) is 53.2 Å². The lowest BCUT2D eigenvalue weighted by molar-refractivity contribution is -0.176. The Kier molecular flexibility index (Phi) is 8.67. The minimum Gasteiger partial charge on any atom is -0.378 e. The summed E-state index contributed by atoms with van der Waals surface area (Å²) in [5.41, 5.74) is 0.282. The second-order valence-corrected chi connectivity index (χ2v) is 10.1. The van der Waals surface area contributed by atoms with Gasteiger partial charge in [-0.25, -0.2) is 0 Å².